The Hall–Kier alpha value is -3.52. The summed E-state index contributed by atoms with van der Waals surface area (Å²) in [6.45, 7) is -0.000601. The molecule has 1 N–H and O–H groups in total. The van der Waals surface area contributed by atoms with Crippen molar-refractivity contribution in [2.75, 3.05) is 0 Å². The van der Waals surface area contributed by atoms with Gasteiger partial charge in [-0.25, -0.2) is 4.79 Å². The van der Waals surface area contributed by atoms with Crippen LogP contribution in [0.3, 0.4) is 0 Å². The molecular formula is C21H15BrN2O5. The maximum absolute atomic E-state index is 12.8. The fraction of sp³-hybridized carbons (Fsp3) is 0.0476. The zero-order valence-electron chi connectivity index (χ0n) is 15.0. The molecule has 29 heavy (non-hydrogen) atoms. The number of carbonyl (C=O) groups excluding carboxylic acids is 1. The summed E-state index contributed by atoms with van der Waals surface area (Å²) in [4.78, 5) is 27.5. The number of benzene rings is 2. The van der Waals surface area contributed by atoms with Gasteiger partial charge in [-0.1, -0.05) is 52.3 Å². The van der Waals surface area contributed by atoms with E-state index in [9.17, 15) is 20.0 Å². The van der Waals surface area contributed by atoms with E-state index in [1.54, 1.807) is 30.3 Å². The van der Waals surface area contributed by atoms with E-state index in [2.05, 4.69) is 20.9 Å². The second kappa shape index (κ2) is 9.11. The number of aromatic nitrogens is 1. The van der Waals surface area contributed by atoms with E-state index >= 15 is 0 Å². The Kier molecular flexibility index (Phi) is 6.36. The molecule has 1 heterocycles. The van der Waals surface area contributed by atoms with Gasteiger partial charge in [0.1, 0.15) is 17.9 Å². The van der Waals surface area contributed by atoms with E-state index < -0.39 is 16.7 Å². The number of non-ortho nitro benzene ring substituents is 1. The first-order chi connectivity index (χ1) is 14.0. The predicted molar refractivity (Wildman–Crippen MR) is 111 cm³/mol. The number of rotatable bonds is 6. The molecule has 0 spiro atoms. The number of aliphatic hydroxyl groups is 1. The molecule has 0 radical (unpaired) electrons. The highest BCUT2D eigenvalue weighted by atomic mass is 79.9. The molecule has 0 bridgehead atoms. The highest BCUT2D eigenvalue weighted by Gasteiger charge is 2.24. The molecule has 1 aromatic heterocycles. The Bertz CT molecular complexity index is 1070. The Labute approximate surface area is 174 Å². The van der Waals surface area contributed by atoms with Gasteiger partial charge in [0.2, 0.25) is 0 Å². The number of nitro benzene ring substituents is 1. The van der Waals surface area contributed by atoms with Crippen molar-refractivity contribution in [1.29, 1.82) is 0 Å². The van der Waals surface area contributed by atoms with Crippen LogP contribution in [-0.4, -0.2) is 21.0 Å². The first-order valence-electron chi connectivity index (χ1n) is 8.47. The third kappa shape index (κ3) is 4.85. The second-order valence-electron chi connectivity index (χ2n) is 5.92. The molecule has 3 aromatic rings. The van der Waals surface area contributed by atoms with Gasteiger partial charge in [-0.15, -0.1) is 0 Å². The number of halogens is 1. The molecule has 2 aromatic carbocycles. The number of nitro groups is 1. The van der Waals surface area contributed by atoms with Crippen LogP contribution in [0.5, 0.6) is 0 Å². The molecule has 0 aliphatic carbocycles. The van der Waals surface area contributed by atoms with Gasteiger partial charge in [0.05, 0.1) is 10.6 Å². The monoisotopic (exact) mass is 454 g/mol. The van der Waals surface area contributed by atoms with Gasteiger partial charge in [0.25, 0.3) is 5.69 Å². The van der Waals surface area contributed by atoms with Crippen LogP contribution in [0, 0.1) is 10.1 Å². The van der Waals surface area contributed by atoms with Gasteiger partial charge in [-0.3, -0.25) is 15.1 Å². The van der Waals surface area contributed by atoms with Crippen LogP contribution in [0.1, 0.15) is 16.8 Å². The largest absolute Gasteiger partial charge is 0.506 e. The lowest BCUT2D eigenvalue weighted by molar-refractivity contribution is -0.384. The van der Waals surface area contributed by atoms with Crippen molar-refractivity contribution < 1.29 is 19.6 Å². The molecule has 7 nitrogen and oxygen atoms in total. The number of carbonyl (C=O) groups is 1. The Balaban J connectivity index is 2.04. The minimum absolute atomic E-state index is 0.000601. The smallest absolute Gasteiger partial charge is 0.344 e. The van der Waals surface area contributed by atoms with Crippen molar-refractivity contribution in [3.05, 3.63) is 104 Å². The molecule has 0 aliphatic rings. The fourth-order valence-corrected chi connectivity index (χ4v) is 3.01. The fourth-order valence-electron chi connectivity index (χ4n) is 2.57. The quantitative estimate of drug-likeness (QED) is 0.186. The van der Waals surface area contributed by atoms with Crippen LogP contribution in [0.25, 0.3) is 11.3 Å². The number of esters is 1. The van der Waals surface area contributed by atoms with Gasteiger partial charge in [-0.2, -0.15) is 0 Å². The Morgan fingerprint density at radius 3 is 2.48 bits per heavy atom. The average molecular weight is 455 g/mol. The maximum Gasteiger partial charge on any atom is 0.344 e. The zero-order valence-corrected chi connectivity index (χ0v) is 16.6. The van der Waals surface area contributed by atoms with Gasteiger partial charge >= 0.3 is 5.97 Å². The topological polar surface area (TPSA) is 103 Å². The standard InChI is InChI=1S/C21H15BrN2O5/c22-17-10-9-15(24(27)28)12-16(17)20(25)19(18-8-4-5-11-23-18)21(26)29-13-14-6-2-1-3-7-14/h1-12,25H,13H2/b20-19+. The van der Waals surface area contributed by atoms with Crippen LogP contribution in [0.2, 0.25) is 0 Å². The summed E-state index contributed by atoms with van der Waals surface area (Å²) in [6.07, 6.45) is 1.47. The van der Waals surface area contributed by atoms with E-state index in [4.69, 9.17) is 4.74 Å². The molecular weight excluding hydrogens is 440 g/mol. The molecule has 0 saturated carbocycles. The van der Waals surface area contributed by atoms with Gasteiger partial charge < -0.3 is 9.84 Å². The molecule has 0 atom stereocenters. The third-order valence-corrected chi connectivity index (χ3v) is 4.68. The minimum atomic E-state index is -0.802. The zero-order chi connectivity index (χ0) is 20.8. The van der Waals surface area contributed by atoms with Crippen LogP contribution in [-0.2, 0) is 16.1 Å². The van der Waals surface area contributed by atoms with Crippen molar-refractivity contribution >= 4 is 38.9 Å². The molecule has 3 rings (SSSR count). The lowest BCUT2D eigenvalue weighted by Gasteiger charge is -2.12. The summed E-state index contributed by atoms with van der Waals surface area (Å²) in [6, 6.07) is 17.8. The van der Waals surface area contributed by atoms with E-state index in [1.807, 2.05) is 18.2 Å². The molecule has 0 amide bonds. The molecule has 0 aliphatic heterocycles. The number of aliphatic hydroxyl groups excluding tert-OH is 1. The van der Waals surface area contributed by atoms with E-state index in [-0.39, 0.29) is 29.1 Å². The Morgan fingerprint density at radius 1 is 1.10 bits per heavy atom. The van der Waals surface area contributed by atoms with E-state index in [0.29, 0.717) is 4.47 Å². The second-order valence-corrected chi connectivity index (χ2v) is 6.78. The van der Waals surface area contributed by atoms with Crippen molar-refractivity contribution in [1.82, 2.24) is 4.98 Å². The molecule has 8 heteroatoms. The first kappa shape index (κ1) is 20.2. The van der Waals surface area contributed by atoms with Gasteiger partial charge in [0.15, 0.2) is 0 Å². The van der Waals surface area contributed by atoms with E-state index in [0.717, 1.165) is 5.56 Å². The molecule has 0 saturated heterocycles. The molecule has 0 unspecified atom stereocenters. The van der Waals surface area contributed by atoms with Crippen LogP contribution in [0.15, 0.2) is 77.4 Å². The highest BCUT2D eigenvalue weighted by Crippen LogP contribution is 2.32. The summed E-state index contributed by atoms with van der Waals surface area (Å²) in [5.74, 6) is -1.28. The van der Waals surface area contributed by atoms with Crippen molar-refractivity contribution in [3.8, 4) is 0 Å². The average Bonchev–Trinajstić information content (AvgIpc) is 2.74. The summed E-state index contributed by atoms with van der Waals surface area (Å²) in [5.41, 5.74) is 0.616. The summed E-state index contributed by atoms with van der Waals surface area (Å²) in [7, 11) is 0. The van der Waals surface area contributed by atoms with Gasteiger partial charge in [-0.05, 0) is 23.8 Å². The van der Waals surface area contributed by atoms with Crippen LogP contribution < -0.4 is 0 Å². The lowest BCUT2D eigenvalue weighted by atomic mass is 10.0. The first-order valence-corrected chi connectivity index (χ1v) is 9.26. The van der Waals surface area contributed by atoms with Gasteiger partial charge in [0, 0.05) is 28.4 Å². The molecule has 146 valence electrons. The van der Waals surface area contributed by atoms with Crippen LogP contribution >= 0.6 is 15.9 Å². The number of hydrogen-bond acceptors (Lipinski definition) is 6. The highest BCUT2D eigenvalue weighted by molar-refractivity contribution is 9.10. The van der Waals surface area contributed by atoms with Crippen molar-refractivity contribution in [3.63, 3.8) is 0 Å². The van der Waals surface area contributed by atoms with Crippen LogP contribution in [0.4, 0.5) is 5.69 Å². The SMILES string of the molecule is O=C(OCc1ccccc1)/C(=C(/O)c1cc([N+](=O)[O-])ccc1Br)c1ccccn1. The Morgan fingerprint density at radius 2 is 1.83 bits per heavy atom. The van der Waals surface area contributed by atoms with Crippen molar-refractivity contribution in [2.24, 2.45) is 0 Å². The summed E-state index contributed by atoms with van der Waals surface area (Å²) in [5, 5.41) is 22.0. The summed E-state index contributed by atoms with van der Waals surface area (Å²) >= 11 is 3.26. The number of hydrogen-bond donors (Lipinski definition) is 1. The van der Waals surface area contributed by atoms with E-state index in [1.165, 1.54) is 24.4 Å². The number of pyridine rings is 1. The third-order valence-electron chi connectivity index (χ3n) is 3.99. The molecule has 0 fully saturated rings. The predicted octanol–water partition coefficient (Wildman–Crippen LogP) is 4.92. The number of nitrogens with zero attached hydrogens (tertiary/aromatic N) is 2. The maximum atomic E-state index is 12.8. The lowest BCUT2D eigenvalue weighted by Crippen LogP contribution is -2.11. The minimum Gasteiger partial charge on any atom is -0.506 e. The van der Waals surface area contributed by atoms with Crippen molar-refractivity contribution in [2.45, 2.75) is 6.61 Å². The number of ether oxygens (including phenoxy) is 1. The summed E-state index contributed by atoms with van der Waals surface area (Å²) < 4.78 is 5.74. The normalized spacial score (nSPS) is 11.5.